The molecule has 106 valence electrons. The number of benzene rings is 1. The zero-order chi connectivity index (χ0) is 13.9. The van der Waals surface area contributed by atoms with E-state index in [1.54, 1.807) is 12.1 Å². The van der Waals surface area contributed by atoms with E-state index >= 15 is 0 Å². The average Bonchev–Trinajstić information content (AvgIpc) is 2.37. The highest BCUT2D eigenvalue weighted by Gasteiger charge is 2.30. The van der Waals surface area contributed by atoms with Gasteiger partial charge in [-0.1, -0.05) is 31.9 Å². The zero-order valence-electron chi connectivity index (χ0n) is 11.1. The van der Waals surface area contributed by atoms with Crippen LogP contribution >= 0.6 is 0 Å². The first kappa shape index (κ1) is 14.4. The first-order valence-electron chi connectivity index (χ1n) is 6.86. The number of alkyl halides is 3. The summed E-state index contributed by atoms with van der Waals surface area (Å²) in [4.78, 5) is 0. The van der Waals surface area contributed by atoms with Gasteiger partial charge >= 0.3 is 6.18 Å². The topological polar surface area (TPSA) is 12.0 Å². The molecule has 1 aliphatic rings. The highest BCUT2D eigenvalue weighted by Crippen LogP contribution is 2.29. The van der Waals surface area contributed by atoms with E-state index in [4.69, 9.17) is 0 Å². The van der Waals surface area contributed by atoms with Gasteiger partial charge in [0.2, 0.25) is 0 Å². The van der Waals surface area contributed by atoms with Gasteiger partial charge in [-0.25, -0.2) is 0 Å². The molecule has 1 N–H and O–H groups in total. The van der Waals surface area contributed by atoms with Crippen LogP contribution in [0.15, 0.2) is 24.3 Å². The molecule has 0 radical (unpaired) electrons. The third-order valence-electron chi connectivity index (χ3n) is 3.96. The van der Waals surface area contributed by atoms with Crippen LogP contribution in [0.3, 0.4) is 0 Å². The number of halogens is 3. The van der Waals surface area contributed by atoms with Crippen LogP contribution in [0.25, 0.3) is 0 Å². The van der Waals surface area contributed by atoms with E-state index in [9.17, 15) is 13.2 Å². The van der Waals surface area contributed by atoms with Crippen LogP contribution in [0.2, 0.25) is 0 Å². The number of nitrogens with one attached hydrogen (secondary N) is 1. The molecule has 0 saturated heterocycles. The van der Waals surface area contributed by atoms with Gasteiger partial charge in [0.05, 0.1) is 5.56 Å². The summed E-state index contributed by atoms with van der Waals surface area (Å²) in [6.07, 6.45) is 0.699. The lowest BCUT2D eigenvalue weighted by atomic mass is 9.86. The van der Waals surface area contributed by atoms with Crippen molar-refractivity contribution in [2.75, 3.05) is 0 Å². The Morgan fingerprint density at radius 3 is 2.32 bits per heavy atom. The lowest BCUT2D eigenvalue weighted by molar-refractivity contribution is -0.137. The number of rotatable bonds is 3. The Labute approximate surface area is 112 Å². The molecule has 19 heavy (non-hydrogen) atoms. The normalized spacial score (nSPS) is 24.4. The second-order valence-electron chi connectivity index (χ2n) is 5.44. The molecule has 1 aromatic rings. The van der Waals surface area contributed by atoms with Crippen molar-refractivity contribution < 1.29 is 13.2 Å². The van der Waals surface area contributed by atoms with E-state index in [0.29, 0.717) is 18.5 Å². The number of hydrogen-bond donors (Lipinski definition) is 1. The molecule has 1 fully saturated rings. The molecule has 4 heteroatoms. The zero-order valence-corrected chi connectivity index (χ0v) is 11.1. The minimum Gasteiger partial charge on any atom is -0.310 e. The standard InChI is InChI=1S/C15H20F3N/c1-11-4-2-3-5-14(11)19-10-12-6-8-13(9-7-12)15(16,17)18/h6-9,11,14,19H,2-5,10H2,1H3. The molecule has 1 aliphatic carbocycles. The lowest BCUT2D eigenvalue weighted by Crippen LogP contribution is -2.36. The Bertz CT molecular complexity index is 397. The summed E-state index contributed by atoms with van der Waals surface area (Å²) in [6, 6.07) is 5.92. The summed E-state index contributed by atoms with van der Waals surface area (Å²) >= 11 is 0. The molecule has 0 heterocycles. The van der Waals surface area contributed by atoms with E-state index in [-0.39, 0.29) is 0 Å². The maximum absolute atomic E-state index is 12.4. The SMILES string of the molecule is CC1CCCCC1NCc1ccc(C(F)(F)F)cc1. The Balaban J connectivity index is 1.89. The largest absolute Gasteiger partial charge is 0.416 e. The fraction of sp³-hybridized carbons (Fsp3) is 0.600. The molecular formula is C15H20F3N. The van der Waals surface area contributed by atoms with Crippen molar-refractivity contribution in [3.8, 4) is 0 Å². The van der Waals surface area contributed by atoms with Gasteiger partial charge in [-0.3, -0.25) is 0 Å². The second kappa shape index (κ2) is 5.95. The van der Waals surface area contributed by atoms with E-state index in [2.05, 4.69) is 12.2 Å². The second-order valence-corrected chi connectivity index (χ2v) is 5.44. The average molecular weight is 271 g/mol. The fourth-order valence-corrected chi connectivity index (χ4v) is 2.68. The monoisotopic (exact) mass is 271 g/mol. The van der Waals surface area contributed by atoms with Crippen molar-refractivity contribution in [2.24, 2.45) is 5.92 Å². The Morgan fingerprint density at radius 2 is 1.74 bits per heavy atom. The van der Waals surface area contributed by atoms with Gasteiger partial charge < -0.3 is 5.32 Å². The van der Waals surface area contributed by atoms with Crippen LogP contribution in [-0.2, 0) is 12.7 Å². The van der Waals surface area contributed by atoms with Crippen LogP contribution in [0.5, 0.6) is 0 Å². The molecule has 1 aromatic carbocycles. The molecule has 2 rings (SSSR count). The van der Waals surface area contributed by atoms with Gasteiger partial charge in [0.1, 0.15) is 0 Å². The summed E-state index contributed by atoms with van der Waals surface area (Å²) in [6.45, 7) is 2.89. The van der Waals surface area contributed by atoms with Crippen molar-refractivity contribution in [1.82, 2.24) is 5.32 Å². The first-order valence-corrected chi connectivity index (χ1v) is 6.86. The number of hydrogen-bond acceptors (Lipinski definition) is 1. The smallest absolute Gasteiger partial charge is 0.310 e. The maximum Gasteiger partial charge on any atom is 0.416 e. The van der Waals surface area contributed by atoms with Crippen LogP contribution in [-0.4, -0.2) is 6.04 Å². The molecule has 0 bridgehead atoms. The van der Waals surface area contributed by atoms with Crippen LogP contribution in [0.1, 0.15) is 43.7 Å². The third-order valence-corrected chi connectivity index (χ3v) is 3.96. The Kier molecular flexibility index (Phi) is 4.50. The van der Waals surface area contributed by atoms with Crippen molar-refractivity contribution in [1.29, 1.82) is 0 Å². The summed E-state index contributed by atoms with van der Waals surface area (Å²) < 4.78 is 37.3. The minimum absolute atomic E-state index is 0.496. The van der Waals surface area contributed by atoms with E-state index in [1.165, 1.54) is 25.7 Å². The van der Waals surface area contributed by atoms with Crippen molar-refractivity contribution in [3.05, 3.63) is 35.4 Å². The van der Waals surface area contributed by atoms with Crippen molar-refractivity contribution >= 4 is 0 Å². The fourth-order valence-electron chi connectivity index (χ4n) is 2.68. The molecule has 2 unspecified atom stereocenters. The molecule has 1 nitrogen and oxygen atoms in total. The van der Waals surface area contributed by atoms with Crippen LogP contribution in [0.4, 0.5) is 13.2 Å². The lowest BCUT2D eigenvalue weighted by Gasteiger charge is -2.29. The molecule has 0 aromatic heterocycles. The van der Waals surface area contributed by atoms with Gasteiger partial charge in [0.15, 0.2) is 0 Å². The van der Waals surface area contributed by atoms with Gasteiger partial charge in [-0.05, 0) is 36.5 Å². The summed E-state index contributed by atoms with van der Waals surface area (Å²) in [5.74, 6) is 0.656. The predicted molar refractivity (Wildman–Crippen MR) is 69.7 cm³/mol. The van der Waals surface area contributed by atoms with E-state index < -0.39 is 11.7 Å². The maximum atomic E-state index is 12.4. The molecule has 1 saturated carbocycles. The Morgan fingerprint density at radius 1 is 1.11 bits per heavy atom. The van der Waals surface area contributed by atoms with Gasteiger partial charge in [0, 0.05) is 12.6 Å². The molecule has 0 spiro atoms. The van der Waals surface area contributed by atoms with E-state index in [0.717, 1.165) is 17.7 Å². The summed E-state index contributed by atoms with van der Waals surface area (Å²) in [5.41, 5.74) is 0.327. The van der Waals surface area contributed by atoms with Crippen LogP contribution in [0, 0.1) is 5.92 Å². The van der Waals surface area contributed by atoms with E-state index in [1.807, 2.05) is 0 Å². The highest BCUT2D eigenvalue weighted by atomic mass is 19.4. The molecule has 0 amide bonds. The van der Waals surface area contributed by atoms with Gasteiger partial charge in [-0.2, -0.15) is 13.2 Å². The quantitative estimate of drug-likeness (QED) is 0.860. The Hall–Kier alpha value is -1.03. The minimum atomic E-state index is -4.25. The predicted octanol–water partition coefficient (Wildman–Crippen LogP) is 4.37. The molecular weight excluding hydrogens is 251 g/mol. The van der Waals surface area contributed by atoms with Crippen molar-refractivity contribution in [3.63, 3.8) is 0 Å². The first-order chi connectivity index (χ1) is 8.97. The van der Waals surface area contributed by atoms with Crippen LogP contribution < -0.4 is 5.32 Å². The summed E-state index contributed by atoms with van der Waals surface area (Å²) in [7, 11) is 0. The van der Waals surface area contributed by atoms with Gasteiger partial charge in [-0.15, -0.1) is 0 Å². The van der Waals surface area contributed by atoms with Gasteiger partial charge in [0.25, 0.3) is 0 Å². The molecule has 2 atom stereocenters. The van der Waals surface area contributed by atoms with Crippen molar-refractivity contribution in [2.45, 2.75) is 51.4 Å². The summed E-state index contributed by atoms with van der Waals surface area (Å²) in [5, 5.41) is 3.46. The molecule has 0 aliphatic heterocycles. The highest BCUT2D eigenvalue weighted by molar-refractivity contribution is 5.24. The third kappa shape index (κ3) is 3.96.